The first-order valence-electron chi connectivity index (χ1n) is 8.84. The molecule has 1 aliphatic rings. The number of hydrogen-bond acceptors (Lipinski definition) is 2. The number of ether oxygens (including phenoxy) is 1. The van der Waals surface area contributed by atoms with Crippen molar-refractivity contribution in [3.8, 4) is 5.75 Å². The summed E-state index contributed by atoms with van der Waals surface area (Å²) in [4.78, 5) is 12.9. The van der Waals surface area contributed by atoms with Crippen molar-refractivity contribution in [1.29, 1.82) is 0 Å². The number of benzene rings is 3. The van der Waals surface area contributed by atoms with E-state index in [1.165, 1.54) is 16.5 Å². The van der Waals surface area contributed by atoms with Gasteiger partial charge in [0.15, 0.2) is 0 Å². The van der Waals surface area contributed by atoms with Gasteiger partial charge in [-0.25, -0.2) is 0 Å². The zero-order valence-electron chi connectivity index (χ0n) is 14.3. The van der Waals surface area contributed by atoms with Gasteiger partial charge in [-0.1, -0.05) is 43.3 Å². The van der Waals surface area contributed by atoms with Crippen molar-refractivity contribution in [2.24, 2.45) is 0 Å². The third-order valence-electron chi connectivity index (χ3n) is 4.72. The predicted molar refractivity (Wildman–Crippen MR) is 102 cm³/mol. The number of carbonyl (C=O) groups is 1. The summed E-state index contributed by atoms with van der Waals surface area (Å²) in [5.41, 5.74) is 4.11. The number of para-hydroxylation sites is 2. The summed E-state index contributed by atoms with van der Waals surface area (Å²) in [5.74, 6) is 0.617. The largest absolute Gasteiger partial charge is 0.491 e. The van der Waals surface area contributed by atoms with Crippen molar-refractivity contribution in [2.75, 3.05) is 11.9 Å². The van der Waals surface area contributed by atoms with Gasteiger partial charge in [-0.2, -0.15) is 0 Å². The lowest BCUT2D eigenvalue weighted by Crippen LogP contribution is -2.13. The molecule has 25 heavy (non-hydrogen) atoms. The number of nitrogens with one attached hydrogen (secondary N) is 1. The number of rotatable bonds is 5. The van der Waals surface area contributed by atoms with Crippen molar-refractivity contribution in [1.82, 2.24) is 0 Å². The second kappa shape index (κ2) is 6.60. The summed E-state index contributed by atoms with van der Waals surface area (Å²) in [6.45, 7) is 2.70. The Morgan fingerprint density at radius 3 is 2.64 bits per heavy atom. The summed E-state index contributed by atoms with van der Waals surface area (Å²) in [6, 6.07) is 17.9. The van der Waals surface area contributed by atoms with E-state index < -0.39 is 0 Å². The molecule has 0 saturated carbocycles. The molecule has 0 atom stereocenters. The van der Waals surface area contributed by atoms with E-state index >= 15 is 0 Å². The number of carbonyl (C=O) groups excluding carboxylic acids is 1. The molecular weight excluding hydrogens is 310 g/mol. The highest BCUT2D eigenvalue weighted by Crippen LogP contribution is 2.33. The standard InChI is InChI=1S/C22H21NO2/c1-2-14-25-20-9-4-3-8-19(20)23-22(24)18-13-12-16-11-10-15-6-5-7-17(18)21(15)16/h3-9,12-13H,2,10-11,14H2,1H3,(H,23,24). The number of anilines is 1. The van der Waals surface area contributed by atoms with Crippen molar-refractivity contribution >= 4 is 22.4 Å². The second-order valence-corrected chi connectivity index (χ2v) is 6.41. The van der Waals surface area contributed by atoms with Crippen LogP contribution in [0.15, 0.2) is 54.6 Å². The van der Waals surface area contributed by atoms with Gasteiger partial charge >= 0.3 is 0 Å². The third kappa shape index (κ3) is 2.86. The van der Waals surface area contributed by atoms with Crippen LogP contribution in [0.1, 0.15) is 34.8 Å². The molecule has 3 nitrogen and oxygen atoms in total. The first-order chi connectivity index (χ1) is 12.3. The molecule has 3 aromatic rings. The lowest BCUT2D eigenvalue weighted by Gasteiger charge is -2.13. The average molecular weight is 331 g/mol. The minimum absolute atomic E-state index is 0.0943. The normalized spacial score (nSPS) is 12.4. The quantitative estimate of drug-likeness (QED) is 0.716. The summed E-state index contributed by atoms with van der Waals surface area (Å²) in [7, 11) is 0. The summed E-state index contributed by atoms with van der Waals surface area (Å²) < 4.78 is 5.74. The molecule has 0 aliphatic heterocycles. The van der Waals surface area contributed by atoms with Gasteiger partial charge < -0.3 is 10.1 Å². The Hall–Kier alpha value is -2.81. The van der Waals surface area contributed by atoms with Crippen molar-refractivity contribution < 1.29 is 9.53 Å². The highest BCUT2D eigenvalue weighted by molar-refractivity contribution is 6.14. The lowest BCUT2D eigenvalue weighted by atomic mass is 9.99. The molecule has 3 heteroatoms. The van der Waals surface area contributed by atoms with Crippen LogP contribution in [-0.2, 0) is 12.8 Å². The Kier molecular flexibility index (Phi) is 4.14. The molecule has 0 bridgehead atoms. The van der Waals surface area contributed by atoms with E-state index in [0.717, 1.165) is 24.6 Å². The molecule has 3 aromatic carbocycles. The molecule has 1 aliphatic carbocycles. The zero-order chi connectivity index (χ0) is 17.2. The highest BCUT2D eigenvalue weighted by atomic mass is 16.5. The fourth-order valence-corrected chi connectivity index (χ4v) is 3.54. The van der Waals surface area contributed by atoms with Crippen LogP contribution in [0.25, 0.3) is 10.8 Å². The van der Waals surface area contributed by atoms with E-state index in [2.05, 4.69) is 24.4 Å². The number of hydrogen-bond donors (Lipinski definition) is 1. The smallest absolute Gasteiger partial charge is 0.256 e. The van der Waals surface area contributed by atoms with Crippen LogP contribution >= 0.6 is 0 Å². The fourth-order valence-electron chi connectivity index (χ4n) is 3.54. The van der Waals surface area contributed by atoms with Crippen LogP contribution in [0.4, 0.5) is 5.69 Å². The van der Waals surface area contributed by atoms with Crippen molar-refractivity contribution in [2.45, 2.75) is 26.2 Å². The van der Waals surface area contributed by atoms with Gasteiger partial charge in [0.25, 0.3) is 5.91 Å². The van der Waals surface area contributed by atoms with Gasteiger partial charge in [0.1, 0.15) is 5.75 Å². The maximum Gasteiger partial charge on any atom is 0.256 e. The molecule has 1 N–H and O–H groups in total. The van der Waals surface area contributed by atoms with Gasteiger partial charge in [0.05, 0.1) is 12.3 Å². The second-order valence-electron chi connectivity index (χ2n) is 6.41. The maximum absolute atomic E-state index is 12.9. The van der Waals surface area contributed by atoms with Crippen LogP contribution in [0.2, 0.25) is 0 Å². The van der Waals surface area contributed by atoms with Crippen molar-refractivity contribution in [3.63, 3.8) is 0 Å². The highest BCUT2D eigenvalue weighted by Gasteiger charge is 2.19. The summed E-state index contributed by atoms with van der Waals surface area (Å²) in [5, 5.41) is 5.32. The molecule has 0 aromatic heterocycles. The molecule has 1 amide bonds. The SMILES string of the molecule is CCCOc1ccccc1NC(=O)c1ccc2c3c(cccc13)CC2. The zero-order valence-corrected chi connectivity index (χ0v) is 14.3. The van der Waals surface area contributed by atoms with Crippen molar-refractivity contribution in [3.05, 3.63) is 71.3 Å². The molecule has 0 heterocycles. The molecular formula is C22H21NO2. The van der Waals surface area contributed by atoms with Crippen LogP contribution in [-0.4, -0.2) is 12.5 Å². The molecule has 0 saturated heterocycles. The Bertz CT molecular complexity index is 936. The van der Waals surface area contributed by atoms with Gasteiger partial charge in [-0.15, -0.1) is 0 Å². The summed E-state index contributed by atoms with van der Waals surface area (Å²) >= 11 is 0. The van der Waals surface area contributed by atoms with Crippen LogP contribution in [0, 0.1) is 0 Å². The Morgan fingerprint density at radius 1 is 1.00 bits per heavy atom. The number of aryl methyl sites for hydroxylation is 2. The van der Waals surface area contributed by atoms with E-state index in [4.69, 9.17) is 4.74 Å². The van der Waals surface area contributed by atoms with E-state index in [0.29, 0.717) is 23.6 Å². The fraction of sp³-hybridized carbons (Fsp3) is 0.227. The summed E-state index contributed by atoms with van der Waals surface area (Å²) in [6.07, 6.45) is 3.05. The Morgan fingerprint density at radius 2 is 1.80 bits per heavy atom. The van der Waals surface area contributed by atoms with Gasteiger partial charge in [-0.3, -0.25) is 4.79 Å². The first-order valence-corrected chi connectivity index (χ1v) is 8.84. The average Bonchev–Trinajstić information content (AvgIpc) is 3.06. The van der Waals surface area contributed by atoms with E-state index in [1.54, 1.807) is 0 Å². The first kappa shape index (κ1) is 15.7. The molecule has 0 radical (unpaired) electrons. The van der Waals surface area contributed by atoms with E-state index in [-0.39, 0.29) is 5.91 Å². The topological polar surface area (TPSA) is 38.3 Å². The molecule has 0 spiro atoms. The van der Waals surface area contributed by atoms with E-state index in [1.807, 2.05) is 42.5 Å². The molecule has 0 fully saturated rings. The number of amides is 1. The van der Waals surface area contributed by atoms with Gasteiger partial charge in [-0.05, 0) is 59.4 Å². The van der Waals surface area contributed by atoms with Crippen LogP contribution in [0.5, 0.6) is 5.75 Å². The molecule has 4 rings (SSSR count). The Labute approximate surface area is 147 Å². The molecule has 0 unspecified atom stereocenters. The Balaban J connectivity index is 1.68. The molecule has 126 valence electrons. The maximum atomic E-state index is 12.9. The lowest BCUT2D eigenvalue weighted by molar-refractivity contribution is 0.102. The van der Waals surface area contributed by atoms with Crippen LogP contribution < -0.4 is 10.1 Å². The predicted octanol–water partition coefficient (Wildman–Crippen LogP) is 4.98. The minimum atomic E-state index is -0.0943. The van der Waals surface area contributed by atoms with E-state index in [9.17, 15) is 4.79 Å². The van der Waals surface area contributed by atoms with Gasteiger partial charge in [0.2, 0.25) is 0 Å². The van der Waals surface area contributed by atoms with Gasteiger partial charge in [0, 0.05) is 5.56 Å². The third-order valence-corrected chi connectivity index (χ3v) is 4.72. The minimum Gasteiger partial charge on any atom is -0.491 e. The monoisotopic (exact) mass is 331 g/mol. The van der Waals surface area contributed by atoms with Crippen LogP contribution in [0.3, 0.4) is 0 Å².